The number of aromatic nitrogens is 2. The Bertz CT molecular complexity index is 537. The molecule has 2 aliphatic heterocycles. The molecular weight excluding hydrogens is 263 g/mol. The zero-order chi connectivity index (χ0) is 12.9. The molecule has 0 aromatic carbocycles. The van der Waals surface area contributed by atoms with Gasteiger partial charge in [-0.05, 0) is 0 Å². The van der Waals surface area contributed by atoms with Gasteiger partial charge in [0.2, 0.25) is 0 Å². The predicted molar refractivity (Wildman–Crippen MR) is 61.6 cm³/mol. The zero-order valence-corrected chi connectivity index (χ0v) is 10.4. The average Bonchev–Trinajstić information content (AvgIpc) is 2.54. The molecule has 18 heavy (non-hydrogen) atoms. The van der Waals surface area contributed by atoms with E-state index in [0.29, 0.717) is 0 Å². The van der Waals surface area contributed by atoms with Crippen molar-refractivity contribution in [3.05, 3.63) is 22.6 Å². The maximum Gasteiger partial charge on any atom is 0.302 e. The first-order valence-electron chi connectivity index (χ1n) is 5.67. The minimum absolute atomic E-state index is 0.0778. The first kappa shape index (κ1) is 11.9. The van der Waals surface area contributed by atoms with Gasteiger partial charge in [0.25, 0.3) is 5.56 Å². The standard InChI is InChI=1S/C11H12ClFN2O3/c1-6-8(13)9-15-3-2-7(16)14-10(15)17-5-11(6,4-12)18-9/h2-3,6,8-9H,4-5H2,1H3/t6-,8-,9+,11+/m0/s1. The van der Waals surface area contributed by atoms with Crippen molar-refractivity contribution in [3.8, 4) is 6.01 Å². The fourth-order valence-corrected chi connectivity index (χ4v) is 2.79. The summed E-state index contributed by atoms with van der Waals surface area (Å²) >= 11 is 5.91. The van der Waals surface area contributed by atoms with Crippen LogP contribution in [0, 0.1) is 5.92 Å². The van der Waals surface area contributed by atoms with Crippen LogP contribution >= 0.6 is 11.6 Å². The molecule has 1 aromatic heterocycles. The van der Waals surface area contributed by atoms with E-state index in [4.69, 9.17) is 21.1 Å². The lowest BCUT2D eigenvalue weighted by atomic mass is 9.89. The summed E-state index contributed by atoms with van der Waals surface area (Å²) in [6.07, 6.45) is -0.621. The molecule has 98 valence electrons. The van der Waals surface area contributed by atoms with E-state index in [2.05, 4.69) is 4.98 Å². The highest BCUT2D eigenvalue weighted by Gasteiger charge is 2.56. The number of ether oxygens (including phenoxy) is 2. The van der Waals surface area contributed by atoms with Gasteiger partial charge in [0.05, 0.1) is 5.88 Å². The maximum absolute atomic E-state index is 14.3. The van der Waals surface area contributed by atoms with Gasteiger partial charge in [0.15, 0.2) is 12.4 Å². The highest BCUT2D eigenvalue weighted by atomic mass is 35.5. The molecule has 2 aliphatic rings. The highest BCUT2D eigenvalue weighted by molar-refractivity contribution is 6.18. The lowest BCUT2D eigenvalue weighted by Crippen LogP contribution is -2.44. The maximum atomic E-state index is 14.3. The van der Waals surface area contributed by atoms with Crippen LogP contribution in [0.1, 0.15) is 13.2 Å². The molecule has 1 aromatic rings. The van der Waals surface area contributed by atoms with E-state index in [1.54, 1.807) is 6.92 Å². The third-order valence-electron chi connectivity index (χ3n) is 3.69. The number of hydrogen-bond donors (Lipinski definition) is 0. The van der Waals surface area contributed by atoms with Gasteiger partial charge >= 0.3 is 6.01 Å². The van der Waals surface area contributed by atoms with Gasteiger partial charge in [-0.2, -0.15) is 4.98 Å². The van der Waals surface area contributed by atoms with Gasteiger partial charge in [-0.3, -0.25) is 9.36 Å². The second-order valence-corrected chi connectivity index (χ2v) is 4.95. The monoisotopic (exact) mass is 274 g/mol. The van der Waals surface area contributed by atoms with Gasteiger partial charge in [-0.1, -0.05) is 6.92 Å². The van der Waals surface area contributed by atoms with Crippen molar-refractivity contribution in [1.29, 1.82) is 0 Å². The summed E-state index contributed by atoms with van der Waals surface area (Å²) < 4.78 is 26.9. The Hall–Kier alpha value is -1.14. The van der Waals surface area contributed by atoms with E-state index < -0.39 is 23.6 Å². The Morgan fingerprint density at radius 3 is 3.22 bits per heavy atom. The summed E-state index contributed by atoms with van der Waals surface area (Å²) in [5.74, 6) is -0.253. The van der Waals surface area contributed by atoms with Crippen LogP contribution in [0.4, 0.5) is 4.39 Å². The Morgan fingerprint density at radius 2 is 2.50 bits per heavy atom. The van der Waals surface area contributed by atoms with Crippen LogP contribution in [0.15, 0.2) is 17.1 Å². The Labute approximate surface area is 107 Å². The molecule has 0 radical (unpaired) electrons. The summed E-state index contributed by atoms with van der Waals surface area (Å²) in [7, 11) is 0. The van der Waals surface area contributed by atoms with Crippen LogP contribution in [0.5, 0.6) is 6.01 Å². The first-order chi connectivity index (χ1) is 8.57. The number of fused-ring (bicyclic) bond motifs is 4. The summed E-state index contributed by atoms with van der Waals surface area (Å²) in [4.78, 5) is 14.9. The van der Waals surface area contributed by atoms with Gasteiger partial charge in [-0.15, -0.1) is 11.6 Å². The van der Waals surface area contributed by atoms with Crippen molar-refractivity contribution < 1.29 is 13.9 Å². The molecule has 7 heteroatoms. The number of rotatable bonds is 1. The first-order valence-corrected chi connectivity index (χ1v) is 6.21. The number of nitrogens with zero attached hydrogens (tertiary/aromatic N) is 2. The van der Waals surface area contributed by atoms with E-state index in [1.165, 1.54) is 16.8 Å². The van der Waals surface area contributed by atoms with Crippen molar-refractivity contribution in [1.82, 2.24) is 9.55 Å². The number of alkyl halides is 2. The molecule has 0 spiro atoms. The second-order valence-electron chi connectivity index (χ2n) is 4.68. The molecule has 0 unspecified atom stereocenters. The van der Waals surface area contributed by atoms with Gasteiger partial charge in [-0.25, -0.2) is 4.39 Å². The number of halogens is 2. The van der Waals surface area contributed by atoms with Crippen LogP contribution in [0.3, 0.4) is 0 Å². The summed E-state index contributed by atoms with van der Waals surface area (Å²) in [6.45, 7) is 1.84. The molecule has 3 rings (SSSR count). The fraction of sp³-hybridized carbons (Fsp3) is 0.636. The smallest absolute Gasteiger partial charge is 0.302 e. The van der Waals surface area contributed by atoms with E-state index >= 15 is 0 Å². The SMILES string of the molecule is C[C@H]1[C@H](F)[C@H]2O[C@]1(CCl)COc1nc(=O)ccn12. The third kappa shape index (κ3) is 1.48. The van der Waals surface area contributed by atoms with Crippen molar-refractivity contribution in [2.75, 3.05) is 12.5 Å². The Kier molecular flexibility index (Phi) is 2.60. The van der Waals surface area contributed by atoms with Crippen molar-refractivity contribution >= 4 is 11.6 Å². The minimum atomic E-state index is -1.21. The third-order valence-corrected chi connectivity index (χ3v) is 4.14. The van der Waals surface area contributed by atoms with Gasteiger partial charge in [0.1, 0.15) is 12.2 Å². The highest BCUT2D eigenvalue weighted by Crippen LogP contribution is 2.46. The van der Waals surface area contributed by atoms with Crippen molar-refractivity contribution in [2.45, 2.75) is 24.9 Å². The topological polar surface area (TPSA) is 53.4 Å². The number of hydrogen-bond acceptors (Lipinski definition) is 4. The average molecular weight is 275 g/mol. The second kappa shape index (κ2) is 3.93. The lowest BCUT2D eigenvalue weighted by molar-refractivity contribution is -0.0761. The van der Waals surface area contributed by atoms with Crippen LogP contribution in [-0.4, -0.2) is 33.8 Å². The van der Waals surface area contributed by atoms with Crippen LogP contribution in [0.2, 0.25) is 0 Å². The molecule has 0 aliphatic carbocycles. The van der Waals surface area contributed by atoms with Crippen LogP contribution in [0.25, 0.3) is 0 Å². The zero-order valence-electron chi connectivity index (χ0n) is 9.68. The molecule has 4 atom stereocenters. The van der Waals surface area contributed by atoms with E-state index in [1.807, 2.05) is 0 Å². The Morgan fingerprint density at radius 1 is 1.72 bits per heavy atom. The molecular formula is C11H12ClFN2O3. The molecule has 5 nitrogen and oxygen atoms in total. The molecule has 1 saturated heterocycles. The molecule has 3 heterocycles. The lowest BCUT2D eigenvalue weighted by Gasteiger charge is -2.28. The Balaban J connectivity index is 2.11. The summed E-state index contributed by atoms with van der Waals surface area (Å²) in [5.41, 5.74) is -1.30. The van der Waals surface area contributed by atoms with Crippen LogP contribution in [-0.2, 0) is 4.74 Å². The van der Waals surface area contributed by atoms with E-state index in [9.17, 15) is 9.18 Å². The quantitative estimate of drug-likeness (QED) is 0.720. The van der Waals surface area contributed by atoms with Crippen molar-refractivity contribution in [2.24, 2.45) is 5.92 Å². The molecule has 1 fully saturated rings. The predicted octanol–water partition coefficient (Wildman–Crippen LogP) is 1.12. The van der Waals surface area contributed by atoms with E-state index in [-0.39, 0.29) is 24.4 Å². The molecule has 0 saturated carbocycles. The largest absolute Gasteiger partial charge is 0.461 e. The van der Waals surface area contributed by atoms with E-state index in [0.717, 1.165) is 0 Å². The van der Waals surface area contributed by atoms with Gasteiger partial charge in [0, 0.05) is 18.2 Å². The molecule has 2 bridgehead atoms. The van der Waals surface area contributed by atoms with Crippen LogP contribution < -0.4 is 10.3 Å². The van der Waals surface area contributed by atoms with Crippen molar-refractivity contribution in [3.63, 3.8) is 0 Å². The molecule has 0 amide bonds. The van der Waals surface area contributed by atoms with Gasteiger partial charge < -0.3 is 9.47 Å². The minimum Gasteiger partial charge on any atom is -0.461 e. The summed E-state index contributed by atoms with van der Waals surface area (Å²) in [5, 5.41) is 0. The fourth-order valence-electron chi connectivity index (χ4n) is 2.40. The normalized spacial score (nSPS) is 37.8. The summed E-state index contributed by atoms with van der Waals surface area (Å²) in [6, 6.07) is 1.33. The molecule has 0 N–H and O–H groups in total.